The topological polar surface area (TPSA) is 78.9 Å². The maximum absolute atomic E-state index is 13.6. The first-order chi connectivity index (χ1) is 13.9. The van der Waals surface area contributed by atoms with E-state index in [1.54, 1.807) is 13.0 Å². The minimum absolute atomic E-state index is 0.00623. The van der Waals surface area contributed by atoms with Crippen molar-refractivity contribution >= 4 is 11.9 Å². The number of urea groups is 1. The van der Waals surface area contributed by atoms with E-state index in [0.29, 0.717) is 0 Å². The summed E-state index contributed by atoms with van der Waals surface area (Å²) in [6.07, 6.45) is 1.95. The van der Waals surface area contributed by atoms with Gasteiger partial charge in [0.05, 0.1) is 6.54 Å². The normalized spacial score (nSPS) is 21.8. The predicted octanol–water partition coefficient (Wildman–Crippen LogP) is 2.52. The number of hydrogen-bond acceptors (Lipinski definition) is 4. The third kappa shape index (κ3) is 3.58. The molecule has 1 saturated heterocycles. The molecule has 6 nitrogen and oxygen atoms in total. The monoisotopic (exact) mass is 398 g/mol. The molecule has 3 amide bonds. The van der Waals surface area contributed by atoms with Crippen LogP contribution in [-0.2, 0) is 23.2 Å². The Morgan fingerprint density at radius 3 is 2.76 bits per heavy atom. The maximum Gasteiger partial charge on any atom is 0.325 e. The molecule has 0 unspecified atom stereocenters. The van der Waals surface area contributed by atoms with E-state index in [1.807, 2.05) is 18.2 Å². The molecule has 1 aliphatic heterocycles. The number of carbonyl (C=O) groups excluding carboxylic acids is 2. The van der Waals surface area contributed by atoms with Crippen molar-refractivity contribution < 1.29 is 23.8 Å². The molecular weight excluding hydrogens is 375 g/mol. The van der Waals surface area contributed by atoms with Gasteiger partial charge in [0.1, 0.15) is 18.2 Å². The Morgan fingerprint density at radius 1 is 1.21 bits per heavy atom. The van der Waals surface area contributed by atoms with E-state index in [4.69, 9.17) is 4.74 Å². The Hall–Kier alpha value is -2.93. The van der Waals surface area contributed by atoms with Crippen molar-refractivity contribution in [2.45, 2.75) is 37.8 Å². The zero-order valence-electron chi connectivity index (χ0n) is 16.2. The summed E-state index contributed by atoms with van der Waals surface area (Å²) in [6, 6.07) is 11.2. The van der Waals surface area contributed by atoms with Crippen molar-refractivity contribution in [1.82, 2.24) is 10.2 Å². The number of fused-ring (bicyclic) bond motifs is 1. The van der Waals surface area contributed by atoms with Gasteiger partial charge in [-0.1, -0.05) is 30.3 Å². The van der Waals surface area contributed by atoms with Gasteiger partial charge in [0.15, 0.2) is 11.6 Å². The average Bonchev–Trinajstić information content (AvgIpc) is 3.26. The molecule has 152 valence electrons. The number of nitrogens with one attached hydrogen (secondary N) is 1. The lowest BCUT2D eigenvalue weighted by atomic mass is 9.89. The van der Waals surface area contributed by atoms with Crippen LogP contribution in [0, 0.1) is 5.82 Å². The quantitative estimate of drug-likeness (QED) is 0.733. The zero-order chi connectivity index (χ0) is 20.6. The first-order valence-corrected chi connectivity index (χ1v) is 9.70. The average molecular weight is 398 g/mol. The number of benzene rings is 2. The van der Waals surface area contributed by atoms with Crippen LogP contribution in [0.5, 0.6) is 5.75 Å². The predicted molar refractivity (Wildman–Crippen MR) is 104 cm³/mol. The molecule has 2 atom stereocenters. The molecule has 2 aliphatic rings. The van der Waals surface area contributed by atoms with Gasteiger partial charge in [0.2, 0.25) is 0 Å². The van der Waals surface area contributed by atoms with Gasteiger partial charge in [0, 0.05) is 0 Å². The van der Waals surface area contributed by atoms with Gasteiger partial charge in [0.25, 0.3) is 5.91 Å². The fourth-order valence-electron chi connectivity index (χ4n) is 3.95. The van der Waals surface area contributed by atoms with Crippen LogP contribution in [-0.4, -0.2) is 41.2 Å². The molecular formula is C22H23FN2O4. The molecule has 0 saturated carbocycles. The van der Waals surface area contributed by atoms with Crippen LogP contribution in [0.25, 0.3) is 0 Å². The molecule has 0 radical (unpaired) electrons. The fourth-order valence-corrected chi connectivity index (χ4v) is 3.95. The van der Waals surface area contributed by atoms with Gasteiger partial charge in [-0.05, 0) is 55.0 Å². The lowest BCUT2D eigenvalue weighted by molar-refractivity contribution is -0.132. The van der Waals surface area contributed by atoms with Crippen molar-refractivity contribution in [2.75, 3.05) is 13.2 Å². The number of nitrogens with zero attached hydrogens (tertiary/aromatic N) is 1. The highest BCUT2D eigenvalue weighted by Crippen LogP contribution is 2.32. The number of ether oxygens (including phenoxy) is 1. The summed E-state index contributed by atoms with van der Waals surface area (Å²) in [5.74, 6) is -0.962. The second-order valence-electron chi connectivity index (χ2n) is 7.70. The number of aryl methyl sites for hydroxylation is 2. The van der Waals surface area contributed by atoms with Crippen LogP contribution in [0.1, 0.15) is 30.0 Å². The van der Waals surface area contributed by atoms with Gasteiger partial charge in [-0.25, -0.2) is 9.18 Å². The highest BCUT2D eigenvalue weighted by molar-refractivity contribution is 6.07. The summed E-state index contributed by atoms with van der Waals surface area (Å²) in [5.41, 5.74) is 2.05. The third-order valence-corrected chi connectivity index (χ3v) is 5.61. The number of imide groups is 1. The lowest BCUT2D eigenvalue weighted by Gasteiger charge is -2.24. The summed E-state index contributed by atoms with van der Waals surface area (Å²) in [6.45, 7) is 1.19. The molecule has 0 aromatic heterocycles. The first-order valence-electron chi connectivity index (χ1n) is 9.70. The minimum Gasteiger partial charge on any atom is -0.488 e. The van der Waals surface area contributed by atoms with Crippen LogP contribution in [0.2, 0.25) is 0 Å². The fraction of sp³-hybridized carbons (Fsp3) is 0.364. The van der Waals surface area contributed by atoms with Crippen LogP contribution >= 0.6 is 0 Å². The second kappa shape index (κ2) is 7.48. The van der Waals surface area contributed by atoms with E-state index in [1.165, 1.54) is 29.3 Å². The summed E-state index contributed by atoms with van der Waals surface area (Å²) in [4.78, 5) is 26.5. The number of carbonyl (C=O) groups is 2. The Morgan fingerprint density at radius 2 is 1.97 bits per heavy atom. The Bertz CT molecular complexity index is 964. The number of aliphatic hydroxyl groups excluding tert-OH is 1. The van der Waals surface area contributed by atoms with E-state index in [2.05, 4.69) is 5.32 Å². The van der Waals surface area contributed by atoms with Crippen molar-refractivity contribution in [2.24, 2.45) is 0 Å². The van der Waals surface area contributed by atoms with E-state index in [0.717, 1.165) is 29.7 Å². The van der Waals surface area contributed by atoms with Crippen molar-refractivity contribution in [3.8, 4) is 5.75 Å². The standard InChI is InChI=1S/C22H23FN2O4/c1-22(16-10-9-14-5-4-6-15(14)11-16)20(27)25(21(28)24-22)12-17(26)13-29-19-8-3-2-7-18(19)23/h2-3,7-11,17,26H,4-6,12-13H2,1H3,(H,24,28)/t17-,22-/m0/s1. The van der Waals surface area contributed by atoms with Crippen molar-refractivity contribution in [3.05, 3.63) is 65.0 Å². The maximum atomic E-state index is 13.6. The number of halogens is 1. The lowest BCUT2D eigenvalue weighted by Crippen LogP contribution is -2.42. The van der Waals surface area contributed by atoms with Gasteiger partial charge in [-0.2, -0.15) is 0 Å². The molecule has 2 aromatic carbocycles. The van der Waals surface area contributed by atoms with Gasteiger partial charge >= 0.3 is 6.03 Å². The van der Waals surface area contributed by atoms with E-state index in [9.17, 15) is 19.1 Å². The van der Waals surface area contributed by atoms with E-state index >= 15 is 0 Å². The van der Waals surface area contributed by atoms with Gasteiger partial charge < -0.3 is 15.2 Å². The number of aliphatic hydroxyl groups is 1. The number of amides is 3. The van der Waals surface area contributed by atoms with Crippen LogP contribution in [0.3, 0.4) is 0 Å². The van der Waals surface area contributed by atoms with Gasteiger partial charge in [-0.15, -0.1) is 0 Å². The minimum atomic E-state index is -1.18. The molecule has 7 heteroatoms. The highest BCUT2D eigenvalue weighted by atomic mass is 19.1. The first kappa shape index (κ1) is 19.4. The Labute approximate surface area is 168 Å². The zero-order valence-corrected chi connectivity index (χ0v) is 16.2. The third-order valence-electron chi connectivity index (χ3n) is 5.61. The summed E-state index contributed by atoms with van der Waals surface area (Å²) in [5, 5.41) is 13.0. The molecule has 1 aliphatic carbocycles. The van der Waals surface area contributed by atoms with Crippen molar-refractivity contribution in [3.63, 3.8) is 0 Å². The molecule has 29 heavy (non-hydrogen) atoms. The van der Waals surface area contributed by atoms with Crippen LogP contribution in [0.15, 0.2) is 42.5 Å². The largest absolute Gasteiger partial charge is 0.488 e. The Kier molecular flexibility index (Phi) is 5.00. The van der Waals surface area contributed by atoms with Crippen LogP contribution in [0.4, 0.5) is 9.18 Å². The molecule has 1 fully saturated rings. The molecule has 2 aromatic rings. The number of β-amino-alcohol motifs (C(OH)–C–C–N with tert-alkyl or cyclic N) is 1. The second-order valence-corrected chi connectivity index (χ2v) is 7.70. The summed E-state index contributed by atoms with van der Waals surface area (Å²) < 4.78 is 18.9. The SMILES string of the molecule is C[C@@]1(c2ccc3c(c2)CCC3)NC(=O)N(C[C@H](O)COc2ccccc2F)C1=O. The molecule has 0 bridgehead atoms. The van der Waals surface area contributed by atoms with E-state index < -0.39 is 29.4 Å². The summed E-state index contributed by atoms with van der Waals surface area (Å²) in [7, 11) is 0. The summed E-state index contributed by atoms with van der Waals surface area (Å²) >= 11 is 0. The smallest absolute Gasteiger partial charge is 0.325 e. The molecule has 0 spiro atoms. The van der Waals surface area contributed by atoms with Crippen LogP contribution < -0.4 is 10.1 Å². The van der Waals surface area contributed by atoms with Crippen molar-refractivity contribution in [1.29, 1.82) is 0 Å². The van der Waals surface area contributed by atoms with Gasteiger partial charge in [-0.3, -0.25) is 9.69 Å². The molecule has 1 heterocycles. The number of hydrogen-bond donors (Lipinski definition) is 2. The number of rotatable bonds is 6. The number of para-hydroxylation sites is 1. The molecule has 2 N–H and O–H groups in total. The highest BCUT2D eigenvalue weighted by Gasteiger charge is 2.49. The molecule has 4 rings (SSSR count). The Balaban J connectivity index is 1.44. The van der Waals surface area contributed by atoms with E-state index in [-0.39, 0.29) is 18.9 Å².